The van der Waals surface area contributed by atoms with Crippen molar-refractivity contribution in [2.45, 2.75) is 32.4 Å². The van der Waals surface area contributed by atoms with Crippen LogP contribution in [-0.2, 0) is 11.3 Å². The van der Waals surface area contributed by atoms with E-state index in [-0.39, 0.29) is 12.0 Å². The molecule has 3 rings (SSSR count). The number of hydrogen-bond donors (Lipinski definition) is 1. The maximum Gasteiger partial charge on any atom is 0.272 e. The Balaban J connectivity index is 1.75. The fourth-order valence-corrected chi connectivity index (χ4v) is 3.43. The van der Waals surface area contributed by atoms with Crippen molar-refractivity contribution in [1.82, 2.24) is 4.57 Å². The molecule has 1 atom stereocenters. The third kappa shape index (κ3) is 4.57. The number of benzene rings is 1. The lowest BCUT2D eigenvalue weighted by Crippen LogP contribution is -2.19. The van der Waals surface area contributed by atoms with E-state index in [1.165, 1.54) is 0 Å². The molecule has 134 valence electrons. The van der Waals surface area contributed by atoms with Gasteiger partial charge >= 0.3 is 0 Å². The second-order valence-corrected chi connectivity index (χ2v) is 7.22. The first-order chi connectivity index (χ1) is 12.1. The molecule has 1 N–H and O–H groups in total. The summed E-state index contributed by atoms with van der Waals surface area (Å²) in [4.78, 5) is 12.7. The lowest BCUT2D eigenvalue weighted by atomic mass is 10.2. The molecular formula is C18H20BrClN2O3. The number of aromatic nitrogens is 1. The van der Waals surface area contributed by atoms with Crippen LogP contribution in [0.4, 0.5) is 5.69 Å². The Kier molecular flexibility index (Phi) is 6.04. The van der Waals surface area contributed by atoms with Crippen LogP contribution in [0, 0.1) is 0 Å². The normalized spacial score (nSPS) is 16.8. The molecule has 1 unspecified atom stereocenters. The minimum atomic E-state index is -0.211. The topological polar surface area (TPSA) is 52.5 Å². The minimum absolute atomic E-state index is 0.104. The van der Waals surface area contributed by atoms with Gasteiger partial charge in [0.05, 0.1) is 11.8 Å². The monoisotopic (exact) mass is 426 g/mol. The standard InChI is InChI=1S/C18H20BrClN2O3/c1-2-22-10-12(19)8-16(22)18(23)21-15-9-13(20)5-6-17(15)25-11-14-4-3-7-24-14/h5-6,8-10,14H,2-4,7,11H2,1H3,(H,21,23). The van der Waals surface area contributed by atoms with Crippen molar-refractivity contribution in [3.05, 3.63) is 45.7 Å². The summed E-state index contributed by atoms with van der Waals surface area (Å²) in [6.45, 7) is 3.92. The van der Waals surface area contributed by atoms with Crippen LogP contribution in [0.15, 0.2) is 34.9 Å². The summed E-state index contributed by atoms with van der Waals surface area (Å²) in [5, 5.41) is 3.43. The number of hydrogen-bond acceptors (Lipinski definition) is 3. The van der Waals surface area contributed by atoms with Crippen LogP contribution in [0.2, 0.25) is 5.02 Å². The second-order valence-electron chi connectivity index (χ2n) is 5.87. The van der Waals surface area contributed by atoms with Crippen LogP contribution in [0.25, 0.3) is 0 Å². The zero-order valence-corrected chi connectivity index (χ0v) is 16.3. The van der Waals surface area contributed by atoms with Crippen molar-refractivity contribution in [3.8, 4) is 5.75 Å². The predicted octanol–water partition coefficient (Wildman–Crippen LogP) is 4.73. The number of anilines is 1. The summed E-state index contributed by atoms with van der Waals surface area (Å²) < 4.78 is 14.2. The number of carbonyl (C=O) groups excluding carboxylic acids is 1. The second kappa shape index (κ2) is 8.25. The van der Waals surface area contributed by atoms with E-state index in [9.17, 15) is 4.79 Å². The zero-order valence-electron chi connectivity index (χ0n) is 13.9. The highest BCUT2D eigenvalue weighted by Gasteiger charge is 2.18. The van der Waals surface area contributed by atoms with Gasteiger partial charge in [0.25, 0.3) is 5.91 Å². The number of nitrogens with zero attached hydrogens (tertiary/aromatic N) is 1. The SMILES string of the molecule is CCn1cc(Br)cc1C(=O)Nc1cc(Cl)ccc1OCC1CCCO1. The molecule has 0 spiro atoms. The molecule has 0 aliphatic carbocycles. The van der Waals surface area contributed by atoms with Crippen molar-refractivity contribution in [2.24, 2.45) is 0 Å². The first-order valence-electron chi connectivity index (χ1n) is 8.27. The van der Waals surface area contributed by atoms with E-state index in [0.29, 0.717) is 35.3 Å². The molecule has 7 heteroatoms. The average Bonchev–Trinajstić information content (AvgIpc) is 3.23. The highest BCUT2D eigenvalue weighted by atomic mass is 79.9. The van der Waals surface area contributed by atoms with Crippen molar-refractivity contribution in [3.63, 3.8) is 0 Å². The Bertz CT molecular complexity index is 757. The van der Waals surface area contributed by atoms with Crippen molar-refractivity contribution < 1.29 is 14.3 Å². The molecule has 0 saturated carbocycles. The Hall–Kier alpha value is -1.50. The van der Waals surface area contributed by atoms with E-state index >= 15 is 0 Å². The maximum atomic E-state index is 12.7. The number of aryl methyl sites for hydroxylation is 1. The van der Waals surface area contributed by atoms with E-state index < -0.39 is 0 Å². The van der Waals surface area contributed by atoms with E-state index in [1.807, 2.05) is 17.7 Å². The van der Waals surface area contributed by atoms with Gasteiger partial charge in [-0.3, -0.25) is 4.79 Å². The number of amides is 1. The third-order valence-corrected chi connectivity index (χ3v) is 4.74. The van der Waals surface area contributed by atoms with Gasteiger partial charge in [0.15, 0.2) is 0 Å². The van der Waals surface area contributed by atoms with Crippen molar-refractivity contribution in [1.29, 1.82) is 0 Å². The molecule has 1 saturated heterocycles. The zero-order chi connectivity index (χ0) is 17.8. The fourth-order valence-electron chi connectivity index (χ4n) is 2.80. The Morgan fingerprint density at radius 3 is 3.04 bits per heavy atom. The summed E-state index contributed by atoms with van der Waals surface area (Å²) in [6, 6.07) is 6.99. The molecule has 1 aliphatic rings. The molecule has 2 heterocycles. The van der Waals surface area contributed by atoms with E-state index in [2.05, 4.69) is 21.2 Å². The molecule has 1 aromatic carbocycles. The maximum absolute atomic E-state index is 12.7. The summed E-state index contributed by atoms with van der Waals surface area (Å²) in [5.41, 5.74) is 1.12. The molecule has 2 aromatic rings. The van der Waals surface area contributed by atoms with Gasteiger partial charge in [0.2, 0.25) is 0 Å². The summed E-state index contributed by atoms with van der Waals surface area (Å²) in [7, 11) is 0. The molecule has 1 fully saturated rings. The molecular weight excluding hydrogens is 408 g/mol. The predicted molar refractivity (Wildman–Crippen MR) is 102 cm³/mol. The summed E-state index contributed by atoms with van der Waals surface area (Å²) in [5.74, 6) is 0.374. The van der Waals surface area contributed by atoms with Crippen LogP contribution in [-0.4, -0.2) is 29.8 Å². The largest absolute Gasteiger partial charge is 0.489 e. The van der Waals surface area contributed by atoms with Crippen molar-refractivity contribution >= 4 is 39.1 Å². The van der Waals surface area contributed by atoms with Gasteiger partial charge in [0, 0.05) is 28.8 Å². The van der Waals surface area contributed by atoms with Gasteiger partial charge in [-0.1, -0.05) is 11.6 Å². The quantitative estimate of drug-likeness (QED) is 0.725. The first-order valence-corrected chi connectivity index (χ1v) is 9.45. The van der Waals surface area contributed by atoms with Gasteiger partial charge in [-0.25, -0.2) is 0 Å². The Morgan fingerprint density at radius 2 is 2.32 bits per heavy atom. The van der Waals surface area contributed by atoms with Crippen molar-refractivity contribution in [2.75, 3.05) is 18.5 Å². The lowest BCUT2D eigenvalue weighted by Gasteiger charge is -2.16. The summed E-state index contributed by atoms with van der Waals surface area (Å²) in [6.07, 6.45) is 4.03. The van der Waals surface area contributed by atoms with Crippen LogP contribution >= 0.6 is 27.5 Å². The molecule has 0 radical (unpaired) electrons. The molecule has 25 heavy (non-hydrogen) atoms. The molecule has 5 nitrogen and oxygen atoms in total. The molecule has 1 aromatic heterocycles. The average molecular weight is 428 g/mol. The Labute approximate surface area is 160 Å². The van der Waals surface area contributed by atoms with Crippen LogP contribution < -0.4 is 10.1 Å². The van der Waals surface area contributed by atoms with Crippen LogP contribution in [0.3, 0.4) is 0 Å². The molecule has 1 amide bonds. The van der Waals surface area contributed by atoms with Gasteiger partial charge in [0.1, 0.15) is 18.1 Å². The smallest absolute Gasteiger partial charge is 0.272 e. The lowest BCUT2D eigenvalue weighted by molar-refractivity contribution is 0.0682. The van der Waals surface area contributed by atoms with Crippen LogP contribution in [0.1, 0.15) is 30.3 Å². The van der Waals surface area contributed by atoms with Gasteiger partial charge < -0.3 is 19.4 Å². The molecule has 1 aliphatic heterocycles. The minimum Gasteiger partial charge on any atom is -0.489 e. The number of halogens is 2. The van der Waals surface area contributed by atoms with Gasteiger partial charge in [-0.15, -0.1) is 0 Å². The fraction of sp³-hybridized carbons (Fsp3) is 0.389. The van der Waals surface area contributed by atoms with Gasteiger partial charge in [-0.2, -0.15) is 0 Å². The Morgan fingerprint density at radius 1 is 1.48 bits per heavy atom. The number of ether oxygens (including phenoxy) is 2. The number of nitrogens with one attached hydrogen (secondary N) is 1. The molecule has 0 bridgehead atoms. The third-order valence-electron chi connectivity index (χ3n) is 4.08. The summed E-state index contributed by atoms with van der Waals surface area (Å²) >= 11 is 9.50. The highest BCUT2D eigenvalue weighted by molar-refractivity contribution is 9.10. The first kappa shape index (κ1) is 18.3. The number of rotatable bonds is 6. The van der Waals surface area contributed by atoms with Crippen LogP contribution in [0.5, 0.6) is 5.75 Å². The highest BCUT2D eigenvalue weighted by Crippen LogP contribution is 2.29. The van der Waals surface area contributed by atoms with Gasteiger partial charge in [-0.05, 0) is 60.0 Å². The number of carbonyl (C=O) groups is 1. The van der Waals surface area contributed by atoms with E-state index in [0.717, 1.165) is 23.9 Å². The van der Waals surface area contributed by atoms with E-state index in [4.69, 9.17) is 21.1 Å². The van der Waals surface area contributed by atoms with E-state index in [1.54, 1.807) is 24.3 Å².